The summed E-state index contributed by atoms with van der Waals surface area (Å²) in [6, 6.07) is 0. The van der Waals surface area contributed by atoms with Gasteiger partial charge >= 0.3 is 0 Å². The van der Waals surface area contributed by atoms with Gasteiger partial charge in [0.1, 0.15) is 0 Å². The first kappa shape index (κ1) is 18.6. The lowest BCUT2D eigenvalue weighted by Crippen LogP contribution is -2.53. The van der Waals surface area contributed by atoms with Crippen LogP contribution in [0.25, 0.3) is 0 Å². The summed E-state index contributed by atoms with van der Waals surface area (Å²) in [5.41, 5.74) is -0.506. The second kappa shape index (κ2) is 6.50. The van der Waals surface area contributed by atoms with Gasteiger partial charge in [0, 0.05) is 19.7 Å². The predicted octanol–water partition coefficient (Wildman–Crippen LogP) is 0.535. The van der Waals surface area contributed by atoms with Gasteiger partial charge in [-0.2, -0.15) is 0 Å². The fourth-order valence-electron chi connectivity index (χ4n) is 4.00. The molecule has 0 spiro atoms. The average Bonchev–Trinajstić information content (AvgIpc) is 3.21. The van der Waals surface area contributed by atoms with Crippen LogP contribution in [0.2, 0.25) is 0 Å². The number of nitrogens with zero attached hydrogens (tertiary/aromatic N) is 1. The number of hydrogen-bond donors (Lipinski definition) is 1. The van der Waals surface area contributed by atoms with Gasteiger partial charge in [0.15, 0.2) is 0 Å². The minimum atomic E-state index is -3.41. The van der Waals surface area contributed by atoms with E-state index in [2.05, 4.69) is 4.72 Å². The molecule has 9 heteroatoms. The Hall–Kier alpha value is -0.220. The number of nitrogens with one attached hydrogen (secondary N) is 1. The van der Waals surface area contributed by atoms with Gasteiger partial charge in [-0.15, -0.1) is 0 Å². The van der Waals surface area contributed by atoms with Gasteiger partial charge in [0.05, 0.1) is 23.7 Å². The third-order valence-corrected chi connectivity index (χ3v) is 8.47. The van der Waals surface area contributed by atoms with E-state index in [1.807, 2.05) is 6.92 Å². The normalized spacial score (nSPS) is 33.8. The first-order chi connectivity index (χ1) is 11.1. The van der Waals surface area contributed by atoms with Crippen molar-refractivity contribution < 1.29 is 21.6 Å². The van der Waals surface area contributed by atoms with E-state index in [9.17, 15) is 16.8 Å². The topological polar surface area (TPSA) is 92.8 Å². The van der Waals surface area contributed by atoms with Crippen LogP contribution in [0.1, 0.15) is 39.0 Å². The van der Waals surface area contributed by atoms with E-state index in [4.69, 9.17) is 4.74 Å². The van der Waals surface area contributed by atoms with Gasteiger partial charge in [-0.3, -0.25) is 0 Å². The van der Waals surface area contributed by atoms with Crippen LogP contribution in [-0.4, -0.2) is 64.5 Å². The fourth-order valence-corrected chi connectivity index (χ4v) is 6.84. The van der Waals surface area contributed by atoms with Crippen LogP contribution < -0.4 is 4.72 Å². The lowest BCUT2D eigenvalue weighted by Gasteiger charge is -2.33. The summed E-state index contributed by atoms with van der Waals surface area (Å²) in [7, 11) is -6.59. The molecule has 0 amide bonds. The number of ether oxygens (including phenoxy) is 1. The second-order valence-electron chi connectivity index (χ2n) is 7.79. The van der Waals surface area contributed by atoms with Gasteiger partial charge in [-0.1, -0.05) is 0 Å². The minimum Gasteiger partial charge on any atom is -0.376 e. The fraction of sp³-hybridized carbons (Fsp3) is 1.00. The molecule has 3 fully saturated rings. The zero-order valence-electron chi connectivity index (χ0n) is 14.4. The molecule has 2 saturated heterocycles. The highest BCUT2D eigenvalue weighted by Crippen LogP contribution is 2.43. The Morgan fingerprint density at radius 2 is 1.75 bits per heavy atom. The van der Waals surface area contributed by atoms with E-state index >= 15 is 0 Å². The van der Waals surface area contributed by atoms with Crippen LogP contribution in [0.15, 0.2) is 0 Å². The molecule has 140 valence electrons. The highest BCUT2D eigenvalue weighted by molar-refractivity contribution is 7.89. The van der Waals surface area contributed by atoms with Crippen molar-refractivity contribution in [1.82, 2.24) is 9.03 Å². The SMILES string of the molecule is CC1(NS(=O)(=O)CC2CCN(S(C)(=O)=O)CC2)CCOC1C1CC1. The van der Waals surface area contributed by atoms with Crippen molar-refractivity contribution in [2.24, 2.45) is 11.8 Å². The van der Waals surface area contributed by atoms with Crippen molar-refractivity contribution in [3.8, 4) is 0 Å². The molecule has 1 N–H and O–H groups in total. The molecule has 0 aromatic carbocycles. The van der Waals surface area contributed by atoms with Crippen molar-refractivity contribution in [3.05, 3.63) is 0 Å². The maximum absolute atomic E-state index is 12.6. The summed E-state index contributed by atoms with van der Waals surface area (Å²) in [6.07, 6.45) is 5.31. The lowest BCUT2D eigenvalue weighted by molar-refractivity contribution is 0.0629. The number of rotatable bonds is 6. The van der Waals surface area contributed by atoms with Crippen molar-refractivity contribution in [3.63, 3.8) is 0 Å². The Morgan fingerprint density at radius 1 is 1.12 bits per heavy atom. The molecule has 24 heavy (non-hydrogen) atoms. The molecule has 7 nitrogen and oxygen atoms in total. The van der Waals surface area contributed by atoms with Gasteiger partial charge in [0.2, 0.25) is 20.0 Å². The van der Waals surface area contributed by atoms with Crippen LogP contribution in [0, 0.1) is 11.8 Å². The maximum Gasteiger partial charge on any atom is 0.212 e. The van der Waals surface area contributed by atoms with E-state index in [0.717, 1.165) is 12.8 Å². The zero-order chi connectivity index (χ0) is 17.6. The molecule has 2 heterocycles. The lowest BCUT2D eigenvalue weighted by atomic mass is 9.92. The Balaban J connectivity index is 1.57. The largest absolute Gasteiger partial charge is 0.376 e. The Kier molecular flexibility index (Phi) is 5.03. The quantitative estimate of drug-likeness (QED) is 0.726. The molecule has 2 atom stereocenters. The van der Waals surface area contributed by atoms with Crippen molar-refractivity contribution in [2.75, 3.05) is 31.7 Å². The van der Waals surface area contributed by atoms with Gasteiger partial charge in [0.25, 0.3) is 0 Å². The monoisotopic (exact) mass is 380 g/mol. The molecule has 1 saturated carbocycles. The number of piperidine rings is 1. The van der Waals surface area contributed by atoms with Gasteiger partial charge in [-0.25, -0.2) is 25.9 Å². The smallest absolute Gasteiger partial charge is 0.212 e. The Bertz CT molecular complexity index is 666. The van der Waals surface area contributed by atoms with Crippen molar-refractivity contribution in [2.45, 2.75) is 50.7 Å². The summed E-state index contributed by atoms with van der Waals surface area (Å²) in [4.78, 5) is 0. The van der Waals surface area contributed by atoms with Gasteiger partial charge in [-0.05, 0) is 50.9 Å². The molecule has 0 aromatic heterocycles. The zero-order valence-corrected chi connectivity index (χ0v) is 16.0. The number of hydrogen-bond acceptors (Lipinski definition) is 5. The first-order valence-corrected chi connectivity index (χ1v) is 12.2. The molecule has 0 aromatic rings. The third-order valence-electron chi connectivity index (χ3n) is 5.48. The van der Waals surface area contributed by atoms with Crippen molar-refractivity contribution in [1.29, 1.82) is 0 Å². The van der Waals surface area contributed by atoms with Crippen molar-refractivity contribution >= 4 is 20.0 Å². The van der Waals surface area contributed by atoms with E-state index < -0.39 is 25.6 Å². The van der Waals surface area contributed by atoms with Gasteiger partial charge < -0.3 is 4.74 Å². The van der Waals surface area contributed by atoms with Crippen LogP contribution in [0.5, 0.6) is 0 Å². The molecule has 0 bridgehead atoms. The van der Waals surface area contributed by atoms with Crippen LogP contribution >= 0.6 is 0 Å². The summed E-state index contributed by atoms with van der Waals surface area (Å²) >= 11 is 0. The molecular weight excluding hydrogens is 352 g/mol. The van der Waals surface area contributed by atoms with Crippen LogP contribution in [-0.2, 0) is 24.8 Å². The van der Waals surface area contributed by atoms with E-state index in [1.165, 1.54) is 10.6 Å². The van der Waals surface area contributed by atoms with E-state index in [-0.39, 0.29) is 17.8 Å². The highest BCUT2D eigenvalue weighted by Gasteiger charge is 2.50. The summed E-state index contributed by atoms with van der Waals surface area (Å²) in [5.74, 6) is 0.557. The summed E-state index contributed by atoms with van der Waals surface area (Å²) in [5, 5.41) is 0. The predicted molar refractivity (Wildman–Crippen MR) is 91.5 cm³/mol. The molecule has 3 rings (SSSR count). The summed E-state index contributed by atoms with van der Waals surface area (Å²) < 4.78 is 58.4. The van der Waals surface area contributed by atoms with Crippen LogP contribution in [0.3, 0.4) is 0 Å². The average molecular weight is 381 g/mol. The second-order valence-corrected chi connectivity index (χ2v) is 11.5. The molecule has 0 radical (unpaired) electrons. The maximum atomic E-state index is 12.6. The van der Waals surface area contributed by atoms with E-state index in [1.54, 1.807) is 0 Å². The minimum absolute atomic E-state index is 0.00537. The highest BCUT2D eigenvalue weighted by atomic mass is 32.2. The molecule has 2 aliphatic heterocycles. The summed E-state index contributed by atoms with van der Waals surface area (Å²) in [6.45, 7) is 3.37. The standard InChI is InChI=1S/C15H28N2O5S2/c1-15(7-10-22-14(15)13-3-4-13)16-24(20,21)11-12-5-8-17(9-6-12)23(2,18)19/h12-14,16H,3-11H2,1-2H3. The first-order valence-electron chi connectivity index (χ1n) is 8.67. The Labute approximate surface area is 145 Å². The Morgan fingerprint density at radius 3 is 2.29 bits per heavy atom. The number of sulfonamides is 2. The molecule has 2 unspecified atom stereocenters. The van der Waals surface area contributed by atoms with Crippen LogP contribution in [0.4, 0.5) is 0 Å². The molecular formula is C15H28N2O5S2. The third kappa shape index (κ3) is 4.30. The molecule has 1 aliphatic carbocycles. The molecule has 3 aliphatic rings. The van der Waals surface area contributed by atoms with E-state index in [0.29, 0.717) is 44.9 Å².